The summed E-state index contributed by atoms with van der Waals surface area (Å²) in [6, 6.07) is -1.14. The number of carboxylic acids is 2. The fourth-order valence-electron chi connectivity index (χ4n) is 3.32. The van der Waals surface area contributed by atoms with Gasteiger partial charge in [0.2, 0.25) is 5.91 Å². The van der Waals surface area contributed by atoms with Gasteiger partial charge in [0.05, 0.1) is 12.0 Å². The molecule has 174 valence electrons. The largest absolute Gasteiger partial charge is 1.00 e. The zero-order valence-corrected chi connectivity index (χ0v) is 24.8. The van der Waals surface area contributed by atoms with E-state index in [1.165, 1.54) is 44.9 Å². The SMILES string of the molecule is CCCCCCCC/C=C/CCCCCCCC(=O)NC(CCCC(=O)[O-])C(=O)[O-].[Na+].[Na+]. The Morgan fingerprint density at radius 1 is 0.719 bits per heavy atom. The van der Waals surface area contributed by atoms with Gasteiger partial charge in [0.1, 0.15) is 0 Å². The molecule has 0 aliphatic heterocycles. The van der Waals surface area contributed by atoms with Crippen LogP contribution in [0.3, 0.4) is 0 Å². The van der Waals surface area contributed by atoms with Gasteiger partial charge in [0.25, 0.3) is 0 Å². The molecular weight excluding hydrogens is 428 g/mol. The van der Waals surface area contributed by atoms with Crippen LogP contribution in [0.4, 0.5) is 0 Å². The van der Waals surface area contributed by atoms with E-state index >= 15 is 0 Å². The predicted octanol–water partition coefficient (Wildman–Crippen LogP) is -2.81. The van der Waals surface area contributed by atoms with Crippen LogP contribution in [0.15, 0.2) is 12.2 Å². The molecule has 1 unspecified atom stereocenters. The summed E-state index contributed by atoms with van der Waals surface area (Å²) in [7, 11) is 0. The van der Waals surface area contributed by atoms with Gasteiger partial charge < -0.3 is 25.1 Å². The van der Waals surface area contributed by atoms with Gasteiger partial charge in [-0.25, -0.2) is 0 Å². The number of unbranched alkanes of at least 4 members (excludes halogenated alkanes) is 11. The molecule has 8 heteroatoms. The van der Waals surface area contributed by atoms with Crippen molar-refractivity contribution in [1.82, 2.24) is 5.32 Å². The van der Waals surface area contributed by atoms with Crippen LogP contribution in [0, 0.1) is 0 Å². The molecule has 0 aromatic carbocycles. The molecule has 0 aromatic heterocycles. The minimum atomic E-state index is -1.38. The quantitative estimate of drug-likeness (QED) is 0.111. The summed E-state index contributed by atoms with van der Waals surface area (Å²) in [6.07, 6.45) is 20.1. The molecule has 0 fully saturated rings. The Balaban J connectivity index is -0.00000420. The van der Waals surface area contributed by atoms with E-state index < -0.39 is 18.0 Å². The summed E-state index contributed by atoms with van der Waals surface area (Å²) >= 11 is 0. The summed E-state index contributed by atoms with van der Waals surface area (Å²) in [5.41, 5.74) is 0. The third-order valence-electron chi connectivity index (χ3n) is 5.16. The van der Waals surface area contributed by atoms with Crippen molar-refractivity contribution >= 4 is 17.8 Å². The van der Waals surface area contributed by atoms with Crippen LogP contribution >= 0.6 is 0 Å². The second-order valence-electron chi connectivity index (χ2n) is 8.04. The topological polar surface area (TPSA) is 109 Å². The van der Waals surface area contributed by atoms with Crippen molar-refractivity contribution in [1.29, 1.82) is 0 Å². The minimum Gasteiger partial charge on any atom is -0.550 e. The monoisotopic (exact) mass is 469 g/mol. The Hall–Kier alpha value is 0.150. The number of carbonyl (C=O) groups is 3. The molecule has 1 atom stereocenters. The van der Waals surface area contributed by atoms with Gasteiger partial charge in [-0.15, -0.1) is 0 Å². The third kappa shape index (κ3) is 26.4. The third-order valence-corrected chi connectivity index (χ3v) is 5.16. The van der Waals surface area contributed by atoms with E-state index in [2.05, 4.69) is 24.4 Å². The standard InChI is InChI=1S/C24H43NO5.2Na/c1-2-3-4-5-6-7-8-9-10-11-12-13-14-15-16-19-22(26)25-21(24(29)30)18-17-20-23(27)28;;/h9-10,21H,2-8,11-20H2,1H3,(H,25,26)(H,27,28)(H,29,30);;/q;2*+1/p-2/b10-9+;;. The van der Waals surface area contributed by atoms with E-state index in [0.717, 1.165) is 38.5 Å². The number of hydrogen-bond acceptors (Lipinski definition) is 5. The summed E-state index contributed by atoms with van der Waals surface area (Å²) in [6.45, 7) is 2.24. The zero-order valence-electron chi connectivity index (χ0n) is 20.8. The van der Waals surface area contributed by atoms with Gasteiger partial charge in [0.15, 0.2) is 0 Å². The second-order valence-corrected chi connectivity index (χ2v) is 8.04. The van der Waals surface area contributed by atoms with Crippen LogP contribution in [0.1, 0.15) is 116 Å². The Labute approximate surface area is 239 Å². The fraction of sp³-hybridized carbons (Fsp3) is 0.792. The van der Waals surface area contributed by atoms with E-state index in [1.54, 1.807) is 0 Å². The van der Waals surface area contributed by atoms with Gasteiger partial charge in [0, 0.05) is 12.4 Å². The molecule has 0 bridgehead atoms. The maximum absolute atomic E-state index is 11.8. The van der Waals surface area contributed by atoms with E-state index in [-0.39, 0.29) is 90.7 Å². The molecule has 0 heterocycles. The van der Waals surface area contributed by atoms with Crippen LogP contribution in [0.25, 0.3) is 0 Å². The van der Waals surface area contributed by atoms with E-state index in [1.807, 2.05) is 0 Å². The summed E-state index contributed by atoms with van der Waals surface area (Å²) < 4.78 is 0. The number of rotatable bonds is 21. The van der Waals surface area contributed by atoms with Crippen molar-refractivity contribution in [3.8, 4) is 0 Å². The number of carboxylic acid groups (broad SMARTS) is 2. The number of carbonyl (C=O) groups excluding carboxylic acids is 3. The first-order chi connectivity index (χ1) is 14.5. The Bertz CT molecular complexity index is 501. The average Bonchev–Trinajstić information content (AvgIpc) is 2.69. The average molecular weight is 470 g/mol. The molecule has 1 amide bonds. The van der Waals surface area contributed by atoms with Crippen molar-refractivity contribution in [3.63, 3.8) is 0 Å². The van der Waals surface area contributed by atoms with Crippen LogP contribution in [-0.4, -0.2) is 23.9 Å². The van der Waals surface area contributed by atoms with Crippen LogP contribution < -0.4 is 74.6 Å². The molecule has 0 saturated heterocycles. The number of aliphatic carboxylic acids is 2. The van der Waals surface area contributed by atoms with Crippen molar-refractivity contribution in [2.45, 2.75) is 122 Å². The molecule has 32 heavy (non-hydrogen) atoms. The summed E-state index contributed by atoms with van der Waals surface area (Å²) in [4.78, 5) is 33.3. The van der Waals surface area contributed by atoms with E-state index in [4.69, 9.17) is 0 Å². The van der Waals surface area contributed by atoms with Gasteiger partial charge in [-0.1, -0.05) is 70.4 Å². The van der Waals surface area contributed by atoms with Gasteiger partial charge >= 0.3 is 59.1 Å². The van der Waals surface area contributed by atoms with Crippen LogP contribution in [0.2, 0.25) is 0 Å². The molecule has 0 rings (SSSR count). The first-order valence-corrected chi connectivity index (χ1v) is 11.8. The molecule has 0 aromatic rings. The fourth-order valence-corrected chi connectivity index (χ4v) is 3.32. The number of nitrogens with one attached hydrogen (secondary N) is 1. The predicted molar refractivity (Wildman–Crippen MR) is 115 cm³/mol. The molecule has 1 N–H and O–H groups in total. The summed E-state index contributed by atoms with van der Waals surface area (Å²) in [5.74, 6) is -2.94. The van der Waals surface area contributed by atoms with Crippen molar-refractivity contribution < 1.29 is 83.7 Å². The Kier molecular flexibility index (Phi) is 31.4. The van der Waals surface area contributed by atoms with Gasteiger partial charge in [-0.3, -0.25) is 4.79 Å². The number of allylic oxidation sites excluding steroid dienone is 2. The normalized spacial score (nSPS) is 11.4. The van der Waals surface area contributed by atoms with Gasteiger partial charge in [-0.05, 0) is 51.4 Å². The first-order valence-electron chi connectivity index (χ1n) is 11.8. The molecule has 0 radical (unpaired) electrons. The second kappa shape index (κ2) is 27.4. The van der Waals surface area contributed by atoms with Crippen molar-refractivity contribution in [3.05, 3.63) is 12.2 Å². The molecule has 0 aliphatic rings. The molecular formula is C24H41NNa2O5. The van der Waals surface area contributed by atoms with Crippen LogP contribution in [0.5, 0.6) is 0 Å². The van der Waals surface area contributed by atoms with E-state index in [9.17, 15) is 24.6 Å². The molecule has 0 aliphatic carbocycles. The maximum Gasteiger partial charge on any atom is 1.00 e. The molecule has 0 spiro atoms. The van der Waals surface area contributed by atoms with Crippen LogP contribution in [-0.2, 0) is 14.4 Å². The van der Waals surface area contributed by atoms with Gasteiger partial charge in [-0.2, -0.15) is 0 Å². The number of amides is 1. The first kappa shape index (κ1) is 36.7. The minimum absolute atomic E-state index is 0. The Morgan fingerprint density at radius 2 is 1.22 bits per heavy atom. The summed E-state index contributed by atoms with van der Waals surface area (Å²) in [5, 5.41) is 23.8. The molecule has 6 nitrogen and oxygen atoms in total. The number of hydrogen-bond donors (Lipinski definition) is 1. The maximum atomic E-state index is 11.8. The molecule has 0 saturated carbocycles. The smallest absolute Gasteiger partial charge is 0.550 e. The zero-order chi connectivity index (χ0) is 22.5. The van der Waals surface area contributed by atoms with E-state index in [0.29, 0.717) is 0 Å². The van der Waals surface area contributed by atoms with Crippen molar-refractivity contribution in [2.24, 2.45) is 0 Å². The van der Waals surface area contributed by atoms with Crippen molar-refractivity contribution in [2.75, 3.05) is 0 Å². The Morgan fingerprint density at radius 3 is 1.72 bits per heavy atom.